The van der Waals surface area contributed by atoms with Gasteiger partial charge in [-0.2, -0.15) is 0 Å². The van der Waals surface area contributed by atoms with Crippen molar-refractivity contribution >= 4 is 17.5 Å². The summed E-state index contributed by atoms with van der Waals surface area (Å²) in [6.07, 6.45) is 2.70. The lowest BCUT2D eigenvalue weighted by Crippen LogP contribution is -2.46. The molecule has 2 fully saturated rings. The molecular formula is C17H23ClN2O2. The summed E-state index contributed by atoms with van der Waals surface area (Å²) < 4.78 is 5.53. The highest BCUT2D eigenvalue weighted by atomic mass is 35.5. The van der Waals surface area contributed by atoms with Crippen LogP contribution in [0.25, 0.3) is 0 Å². The van der Waals surface area contributed by atoms with Crippen LogP contribution in [0.1, 0.15) is 24.8 Å². The molecule has 2 saturated heterocycles. The first-order valence-electron chi connectivity index (χ1n) is 8.02. The molecule has 2 aliphatic heterocycles. The first kappa shape index (κ1) is 15.8. The SMILES string of the molecule is O=C(NCC1(c2ccccc2Cl)CCOCC1)[C@H]1CCNC1. The second-order valence-electron chi connectivity index (χ2n) is 6.28. The lowest BCUT2D eigenvalue weighted by molar-refractivity contribution is -0.124. The maximum atomic E-state index is 12.3. The molecule has 22 heavy (non-hydrogen) atoms. The van der Waals surface area contributed by atoms with E-state index in [0.717, 1.165) is 42.9 Å². The molecule has 0 spiro atoms. The zero-order chi connectivity index (χ0) is 15.4. The topological polar surface area (TPSA) is 50.4 Å². The van der Waals surface area contributed by atoms with E-state index in [1.165, 1.54) is 0 Å². The molecule has 0 aliphatic carbocycles. The molecule has 0 saturated carbocycles. The summed E-state index contributed by atoms with van der Waals surface area (Å²) in [4.78, 5) is 12.3. The molecule has 5 heteroatoms. The Balaban J connectivity index is 1.75. The Labute approximate surface area is 136 Å². The summed E-state index contributed by atoms with van der Waals surface area (Å²) in [7, 11) is 0. The molecule has 3 rings (SSSR count). The average molecular weight is 323 g/mol. The monoisotopic (exact) mass is 322 g/mol. The summed E-state index contributed by atoms with van der Waals surface area (Å²) in [6.45, 7) is 3.78. The van der Waals surface area contributed by atoms with Crippen LogP contribution in [-0.4, -0.2) is 38.8 Å². The molecule has 0 radical (unpaired) electrons. The average Bonchev–Trinajstić information content (AvgIpc) is 3.08. The third-order valence-electron chi connectivity index (χ3n) is 4.93. The fourth-order valence-electron chi connectivity index (χ4n) is 3.47. The highest BCUT2D eigenvalue weighted by Gasteiger charge is 2.37. The number of carbonyl (C=O) groups is 1. The molecular weight excluding hydrogens is 300 g/mol. The van der Waals surface area contributed by atoms with E-state index in [9.17, 15) is 4.79 Å². The van der Waals surface area contributed by atoms with Crippen molar-refractivity contribution in [2.24, 2.45) is 5.92 Å². The minimum Gasteiger partial charge on any atom is -0.381 e. The minimum atomic E-state index is -0.113. The molecule has 1 atom stereocenters. The normalized spacial score (nSPS) is 24.1. The Morgan fingerprint density at radius 2 is 2.14 bits per heavy atom. The van der Waals surface area contributed by atoms with Crippen LogP contribution in [0, 0.1) is 5.92 Å². The minimum absolute atomic E-state index is 0.100. The third-order valence-corrected chi connectivity index (χ3v) is 5.26. The van der Waals surface area contributed by atoms with Gasteiger partial charge in [0.2, 0.25) is 5.91 Å². The molecule has 2 aliphatic rings. The van der Waals surface area contributed by atoms with Gasteiger partial charge in [0.05, 0.1) is 5.92 Å². The molecule has 1 aromatic rings. The molecule has 4 nitrogen and oxygen atoms in total. The van der Waals surface area contributed by atoms with E-state index in [0.29, 0.717) is 19.8 Å². The first-order valence-corrected chi connectivity index (χ1v) is 8.40. The van der Waals surface area contributed by atoms with E-state index in [1.54, 1.807) is 0 Å². The highest BCUT2D eigenvalue weighted by molar-refractivity contribution is 6.31. The van der Waals surface area contributed by atoms with E-state index >= 15 is 0 Å². The standard InChI is InChI=1S/C17H23ClN2O2/c18-15-4-2-1-3-14(15)17(6-9-22-10-7-17)12-20-16(21)13-5-8-19-11-13/h1-4,13,19H,5-12H2,(H,20,21)/t13-/m0/s1. The van der Waals surface area contributed by atoms with Crippen LogP contribution in [0.15, 0.2) is 24.3 Å². The molecule has 0 bridgehead atoms. The van der Waals surface area contributed by atoms with Gasteiger partial charge in [-0.1, -0.05) is 29.8 Å². The van der Waals surface area contributed by atoms with Gasteiger partial charge in [-0.3, -0.25) is 4.79 Å². The van der Waals surface area contributed by atoms with Gasteiger partial charge in [-0.25, -0.2) is 0 Å². The number of amides is 1. The van der Waals surface area contributed by atoms with Gasteiger partial charge in [0.1, 0.15) is 0 Å². The zero-order valence-electron chi connectivity index (χ0n) is 12.7. The Bertz CT molecular complexity index is 523. The Morgan fingerprint density at radius 1 is 1.36 bits per heavy atom. The number of rotatable bonds is 4. The summed E-state index contributed by atoms with van der Waals surface area (Å²) >= 11 is 6.43. The molecule has 120 valence electrons. The van der Waals surface area contributed by atoms with E-state index in [2.05, 4.69) is 16.7 Å². The predicted octanol–water partition coefficient (Wildman–Crippen LogP) is 2.11. The Morgan fingerprint density at radius 3 is 2.82 bits per heavy atom. The van der Waals surface area contributed by atoms with Crippen LogP contribution in [0.3, 0.4) is 0 Å². The van der Waals surface area contributed by atoms with Crippen LogP contribution in [0.5, 0.6) is 0 Å². The van der Waals surface area contributed by atoms with E-state index in [4.69, 9.17) is 16.3 Å². The first-order chi connectivity index (χ1) is 10.7. The van der Waals surface area contributed by atoms with Crippen molar-refractivity contribution in [1.82, 2.24) is 10.6 Å². The van der Waals surface area contributed by atoms with E-state index < -0.39 is 0 Å². The summed E-state index contributed by atoms with van der Waals surface area (Å²) in [6, 6.07) is 7.97. The molecule has 2 N–H and O–H groups in total. The van der Waals surface area contributed by atoms with Crippen molar-refractivity contribution in [1.29, 1.82) is 0 Å². The van der Waals surface area contributed by atoms with Gasteiger partial charge < -0.3 is 15.4 Å². The second-order valence-corrected chi connectivity index (χ2v) is 6.69. The van der Waals surface area contributed by atoms with Crippen molar-refractivity contribution in [2.75, 3.05) is 32.8 Å². The van der Waals surface area contributed by atoms with Gasteiger partial charge in [0.25, 0.3) is 0 Å². The van der Waals surface area contributed by atoms with Crippen molar-refractivity contribution in [3.05, 3.63) is 34.9 Å². The van der Waals surface area contributed by atoms with Crippen molar-refractivity contribution in [3.63, 3.8) is 0 Å². The summed E-state index contributed by atoms with van der Waals surface area (Å²) in [5.41, 5.74) is 1.02. The zero-order valence-corrected chi connectivity index (χ0v) is 13.5. The summed E-state index contributed by atoms with van der Waals surface area (Å²) in [5, 5.41) is 7.19. The maximum absolute atomic E-state index is 12.3. The summed E-state index contributed by atoms with van der Waals surface area (Å²) in [5.74, 6) is 0.256. The van der Waals surface area contributed by atoms with Crippen molar-refractivity contribution < 1.29 is 9.53 Å². The fourth-order valence-corrected chi connectivity index (χ4v) is 3.81. The Hall–Kier alpha value is -1.10. The van der Waals surface area contributed by atoms with Crippen LogP contribution < -0.4 is 10.6 Å². The number of halogens is 1. The Kier molecular flexibility index (Phi) is 5.01. The molecule has 1 amide bonds. The van der Waals surface area contributed by atoms with Gasteiger partial charge in [0, 0.05) is 36.7 Å². The molecule has 2 heterocycles. The van der Waals surface area contributed by atoms with Crippen LogP contribution >= 0.6 is 11.6 Å². The van der Waals surface area contributed by atoms with Gasteiger partial charge in [-0.05, 0) is 37.4 Å². The van der Waals surface area contributed by atoms with Crippen molar-refractivity contribution in [2.45, 2.75) is 24.7 Å². The highest BCUT2D eigenvalue weighted by Crippen LogP contribution is 2.38. The van der Waals surface area contributed by atoms with E-state index in [1.807, 2.05) is 18.2 Å². The quantitative estimate of drug-likeness (QED) is 0.892. The lowest BCUT2D eigenvalue weighted by Gasteiger charge is -2.38. The smallest absolute Gasteiger partial charge is 0.224 e. The molecule has 0 aromatic heterocycles. The van der Waals surface area contributed by atoms with Crippen LogP contribution in [-0.2, 0) is 14.9 Å². The van der Waals surface area contributed by atoms with Crippen LogP contribution in [0.2, 0.25) is 5.02 Å². The number of benzene rings is 1. The maximum Gasteiger partial charge on any atom is 0.224 e. The number of carbonyl (C=O) groups excluding carboxylic acids is 1. The predicted molar refractivity (Wildman–Crippen MR) is 87.2 cm³/mol. The van der Waals surface area contributed by atoms with E-state index in [-0.39, 0.29) is 17.2 Å². The number of hydrogen-bond donors (Lipinski definition) is 2. The van der Waals surface area contributed by atoms with Crippen LogP contribution in [0.4, 0.5) is 0 Å². The fraction of sp³-hybridized carbons (Fsp3) is 0.588. The molecule has 0 unspecified atom stereocenters. The van der Waals surface area contributed by atoms with Gasteiger partial charge >= 0.3 is 0 Å². The number of ether oxygens (including phenoxy) is 1. The van der Waals surface area contributed by atoms with Gasteiger partial charge in [-0.15, -0.1) is 0 Å². The second kappa shape index (κ2) is 6.99. The number of hydrogen-bond acceptors (Lipinski definition) is 3. The third kappa shape index (κ3) is 3.29. The van der Waals surface area contributed by atoms with Crippen molar-refractivity contribution in [3.8, 4) is 0 Å². The van der Waals surface area contributed by atoms with Gasteiger partial charge in [0.15, 0.2) is 0 Å². The largest absolute Gasteiger partial charge is 0.381 e. The lowest BCUT2D eigenvalue weighted by atomic mass is 9.74. The number of nitrogens with one attached hydrogen (secondary N) is 2. The molecule has 1 aromatic carbocycles.